The second-order valence-corrected chi connectivity index (χ2v) is 6.60. The first-order valence-electron chi connectivity index (χ1n) is 6.92. The van der Waals surface area contributed by atoms with Crippen LogP contribution in [0.5, 0.6) is 0 Å². The van der Waals surface area contributed by atoms with Crippen molar-refractivity contribution in [1.82, 2.24) is 14.7 Å². The van der Waals surface area contributed by atoms with Crippen LogP contribution in [0.4, 0.5) is 0 Å². The molecular weight excluding hydrogens is 262 g/mol. The Bertz CT molecular complexity index is 341. The van der Waals surface area contributed by atoms with E-state index < -0.39 is 0 Å². The van der Waals surface area contributed by atoms with Crippen molar-refractivity contribution < 1.29 is 9.59 Å². The number of rotatable bonds is 4. The molecule has 19 heavy (non-hydrogen) atoms. The standard InChI is InChI=1S/C13H23N3O2S/c1-11(2)7-14-3-5-15(6-4-14)12(17)8-16-10-19-9-13(16)18/h11H,3-10H2,1-2H3. The Hall–Kier alpha value is -0.750. The molecule has 5 nitrogen and oxygen atoms in total. The maximum absolute atomic E-state index is 12.1. The Morgan fingerprint density at radius 3 is 2.47 bits per heavy atom. The van der Waals surface area contributed by atoms with E-state index in [-0.39, 0.29) is 18.4 Å². The minimum absolute atomic E-state index is 0.0943. The molecule has 0 N–H and O–H groups in total. The first kappa shape index (κ1) is 14.7. The first-order valence-corrected chi connectivity index (χ1v) is 8.07. The highest BCUT2D eigenvalue weighted by molar-refractivity contribution is 8.00. The predicted molar refractivity (Wildman–Crippen MR) is 76.9 cm³/mol. The minimum atomic E-state index is 0.0943. The average Bonchev–Trinajstić information content (AvgIpc) is 2.75. The van der Waals surface area contributed by atoms with Crippen molar-refractivity contribution in [2.24, 2.45) is 5.92 Å². The summed E-state index contributed by atoms with van der Waals surface area (Å²) in [5, 5.41) is 0. The van der Waals surface area contributed by atoms with Gasteiger partial charge in [0.25, 0.3) is 0 Å². The van der Waals surface area contributed by atoms with Crippen LogP contribution in [0, 0.1) is 5.92 Å². The Kier molecular flexibility index (Phi) is 5.10. The van der Waals surface area contributed by atoms with Crippen LogP contribution in [0.15, 0.2) is 0 Å². The van der Waals surface area contributed by atoms with Crippen molar-refractivity contribution >= 4 is 23.6 Å². The lowest BCUT2D eigenvalue weighted by atomic mass is 10.2. The number of hydrogen-bond acceptors (Lipinski definition) is 4. The third-order valence-corrected chi connectivity index (χ3v) is 4.45. The maximum atomic E-state index is 12.1. The largest absolute Gasteiger partial charge is 0.339 e. The van der Waals surface area contributed by atoms with Crippen molar-refractivity contribution in [2.45, 2.75) is 13.8 Å². The van der Waals surface area contributed by atoms with Gasteiger partial charge in [-0.2, -0.15) is 0 Å². The summed E-state index contributed by atoms with van der Waals surface area (Å²) < 4.78 is 0. The average molecular weight is 285 g/mol. The zero-order valence-corrected chi connectivity index (χ0v) is 12.6. The fraction of sp³-hybridized carbons (Fsp3) is 0.846. The summed E-state index contributed by atoms with van der Waals surface area (Å²) in [6.07, 6.45) is 0. The quantitative estimate of drug-likeness (QED) is 0.746. The molecule has 108 valence electrons. The Balaban J connectivity index is 1.74. The zero-order valence-electron chi connectivity index (χ0n) is 11.8. The second-order valence-electron chi connectivity index (χ2n) is 5.64. The molecule has 0 aromatic rings. The fourth-order valence-corrected chi connectivity index (χ4v) is 3.40. The molecular formula is C13H23N3O2S. The molecule has 0 aromatic carbocycles. The summed E-state index contributed by atoms with van der Waals surface area (Å²) in [4.78, 5) is 29.6. The predicted octanol–water partition coefficient (Wildman–Crippen LogP) is 0.320. The van der Waals surface area contributed by atoms with Gasteiger partial charge in [0.2, 0.25) is 11.8 Å². The molecule has 0 radical (unpaired) electrons. The summed E-state index contributed by atoms with van der Waals surface area (Å²) in [6, 6.07) is 0. The summed E-state index contributed by atoms with van der Waals surface area (Å²) in [6.45, 7) is 9.28. The van der Waals surface area contributed by atoms with Crippen LogP contribution in [0.25, 0.3) is 0 Å². The summed E-state index contributed by atoms with van der Waals surface area (Å²) in [5.41, 5.74) is 0. The van der Waals surface area contributed by atoms with E-state index in [0.717, 1.165) is 32.7 Å². The molecule has 2 rings (SSSR count). The van der Waals surface area contributed by atoms with Crippen LogP contribution in [0.1, 0.15) is 13.8 Å². The SMILES string of the molecule is CC(C)CN1CCN(C(=O)CN2CSCC2=O)CC1. The van der Waals surface area contributed by atoms with Crippen molar-refractivity contribution in [1.29, 1.82) is 0 Å². The molecule has 0 spiro atoms. The van der Waals surface area contributed by atoms with Gasteiger partial charge in [-0.05, 0) is 5.92 Å². The van der Waals surface area contributed by atoms with Crippen LogP contribution in [-0.4, -0.2) is 77.4 Å². The Labute approximate surface area is 119 Å². The lowest BCUT2D eigenvalue weighted by Crippen LogP contribution is -2.51. The van der Waals surface area contributed by atoms with E-state index in [2.05, 4.69) is 18.7 Å². The Morgan fingerprint density at radius 1 is 1.26 bits per heavy atom. The highest BCUT2D eigenvalue weighted by Gasteiger charge is 2.27. The number of amides is 2. The monoisotopic (exact) mass is 285 g/mol. The van der Waals surface area contributed by atoms with Crippen molar-refractivity contribution in [2.75, 3.05) is 50.9 Å². The van der Waals surface area contributed by atoms with E-state index >= 15 is 0 Å². The third kappa shape index (κ3) is 4.11. The highest BCUT2D eigenvalue weighted by atomic mass is 32.2. The minimum Gasteiger partial charge on any atom is -0.339 e. The molecule has 0 aromatic heterocycles. The normalized spacial score (nSPS) is 21.5. The molecule has 2 fully saturated rings. The van der Waals surface area contributed by atoms with Gasteiger partial charge in [-0.1, -0.05) is 13.8 Å². The lowest BCUT2D eigenvalue weighted by molar-refractivity contribution is -0.139. The van der Waals surface area contributed by atoms with Gasteiger partial charge in [-0.3, -0.25) is 14.5 Å². The van der Waals surface area contributed by atoms with Gasteiger partial charge in [-0.15, -0.1) is 11.8 Å². The van der Waals surface area contributed by atoms with E-state index in [1.807, 2.05) is 4.90 Å². The molecule has 2 heterocycles. The molecule has 0 saturated carbocycles. The van der Waals surface area contributed by atoms with E-state index in [1.165, 1.54) is 0 Å². The fourth-order valence-electron chi connectivity index (χ4n) is 2.50. The van der Waals surface area contributed by atoms with E-state index in [1.54, 1.807) is 16.7 Å². The number of carbonyl (C=O) groups is 2. The molecule has 0 unspecified atom stereocenters. The molecule has 2 amide bonds. The summed E-state index contributed by atoms with van der Waals surface area (Å²) in [7, 11) is 0. The van der Waals surface area contributed by atoms with Gasteiger partial charge in [0.1, 0.15) is 6.54 Å². The van der Waals surface area contributed by atoms with Crippen molar-refractivity contribution in [3.8, 4) is 0 Å². The van der Waals surface area contributed by atoms with Gasteiger partial charge in [0.15, 0.2) is 0 Å². The first-order chi connectivity index (χ1) is 9.06. The molecule has 0 bridgehead atoms. The molecule has 6 heteroatoms. The van der Waals surface area contributed by atoms with Gasteiger partial charge < -0.3 is 9.80 Å². The van der Waals surface area contributed by atoms with Gasteiger partial charge in [0.05, 0.1) is 11.6 Å². The van der Waals surface area contributed by atoms with E-state index in [9.17, 15) is 9.59 Å². The summed E-state index contributed by atoms with van der Waals surface area (Å²) in [5.74, 6) is 2.05. The number of nitrogens with zero attached hydrogens (tertiary/aromatic N) is 3. The molecule has 2 aliphatic rings. The Morgan fingerprint density at radius 2 is 1.95 bits per heavy atom. The summed E-state index contributed by atoms with van der Waals surface area (Å²) >= 11 is 1.58. The smallest absolute Gasteiger partial charge is 0.242 e. The molecule has 2 aliphatic heterocycles. The lowest BCUT2D eigenvalue weighted by Gasteiger charge is -2.36. The third-order valence-electron chi connectivity index (χ3n) is 3.50. The van der Waals surface area contributed by atoms with Crippen LogP contribution in [-0.2, 0) is 9.59 Å². The zero-order chi connectivity index (χ0) is 13.8. The van der Waals surface area contributed by atoms with Crippen LogP contribution < -0.4 is 0 Å². The van der Waals surface area contributed by atoms with E-state index in [4.69, 9.17) is 0 Å². The van der Waals surface area contributed by atoms with Gasteiger partial charge >= 0.3 is 0 Å². The molecule has 2 saturated heterocycles. The number of hydrogen-bond donors (Lipinski definition) is 0. The van der Waals surface area contributed by atoms with Crippen molar-refractivity contribution in [3.63, 3.8) is 0 Å². The topological polar surface area (TPSA) is 43.9 Å². The van der Waals surface area contributed by atoms with E-state index in [0.29, 0.717) is 17.5 Å². The van der Waals surface area contributed by atoms with Gasteiger partial charge in [0, 0.05) is 32.7 Å². The number of thioether (sulfide) groups is 1. The maximum Gasteiger partial charge on any atom is 0.242 e. The second kappa shape index (κ2) is 6.61. The molecule has 0 aliphatic carbocycles. The number of carbonyl (C=O) groups excluding carboxylic acids is 2. The van der Waals surface area contributed by atoms with Gasteiger partial charge in [-0.25, -0.2) is 0 Å². The number of piperazine rings is 1. The van der Waals surface area contributed by atoms with Crippen LogP contribution in [0.2, 0.25) is 0 Å². The van der Waals surface area contributed by atoms with Crippen LogP contribution in [0.3, 0.4) is 0 Å². The highest BCUT2D eigenvalue weighted by Crippen LogP contribution is 2.15. The van der Waals surface area contributed by atoms with Crippen LogP contribution >= 0.6 is 11.8 Å². The van der Waals surface area contributed by atoms with Crippen molar-refractivity contribution in [3.05, 3.63) is 0 Å². The molecule has 0 atom stereocenters.